The molecule has 4 aliphatic rings. The van der Waals surface area contributed by atoms with E-state index in [2.05, 4.69) is 93.2 Å². The molecule has 2 atom stereocenters. The summed E-state index contributed by atoms with van der Waals surface area (Å²) in [7, 11) is -0.976. The summed E-state index contributed by atoms with van der Waals surface area (Å²) in [5.41, 5.74) is 14.5. The summed E-state index contributed by atoms with van der Waals surface area (Å²) >= 11 is 3.46. The van der Waals surface area contributed by atoms with E-state index in [0.717, 1.165) is 5.54 Å². The van der Waals surface area contributed by atoms with Gasteiger partial charge in [0.05, 0.1) is 8.07 Å². The fourth-order valence-corrected chi connectivity index (χ4v) is 12.4. The third kappa shape index (κ3) is 4.46. The molecule has 34 heavy (non-hydrogen) atoms. The predicted octanol–water partition coefficient (Wildman–Crippen LogP) is 2.74. The number of benzene rings is 2. The van der Waals surface area contributed by atoms with Crippen molar-refractivity contribution in [1.82, 2.24) is 0 Å². The smallest absolute Gasteiger partial charge is 1.00 e. The topological polar surface area (TPSA) is 0 Å². The SMILES string of the molecule is CC1=C2c3cscc3C1[Si]2(C)C.CCCc1ccc(-c2cccc3c2C=C(C)[CH]3[Zr+2])cc1.[Cl-].[Cl-]. The number of thiophene rings is 1. The van der Waals surface area contributed by atoms with Crippen molar-refractivity contribution in [2.75, 3.05) is 0 Å². The van der Waals surface area contributed by atoms with Gasteiger partial charge in [0.15, 0.2) is 0 Å². The van der Waals surface area contributed by atoms with E-state index in [0.29, 0.717) is 3.63 Å². The van der Waals surface area contributed by atoms with Crippen molar-refractivity contribution in [1.29, 1.82) is 0 Å². The molecule has 7 rings (SSSR count). The number of rotatable bonds is 3. The second kappa shape index (κ2) is 10.7. The van der Waals surface area contributed by atoms with Gasteiger partial charge in [0.1, 0.15) is 0 Å². The second-order valence-electron chi connectivity index (χ2n) is 10.0. The Hall–Kier alpha value is -0.700. The van der Waals surface area contributed by atoms with Gasteiger partial charge in [-0.2, -0.15) is 11.3 Å². The molecule has 2 bridgehead atoms. The van der Waals surface area contributed by atoms with Crippen LogP contribution < -0.4 is 24.8 Å². The second-order valence-corrected chi connectivity index (χ2v) is 16.7. The van der Waals surface area contributed by atoms with Crippen LogP contribution >= 0.6 is 11.3 Å². The number of hydrogen-bond acceptors (Lipinski definition) is 1. The summed E-state index contributed by atoms with van der Waals surface area (Å²) in [5.74, 6) is 0. The molecule has 0 saturated carbocycles. The van der Waals surface area contributed by atoms with Gasteiger partial charge in [-0.1, -0.05) is 23.9 Å². The summed E-state index contributed by atoms with van der Waals surface area (Å²) in [6.07, 6.45) is 4.76. The average molecular weight is 602 g/mol. The van der Waals surface area contributed by atoms with Crippen LogP contribution in [0.2, 0.25) is 13.1 Å². The van der Waals surface area contributed by atoms with Crippen molar-refractivity contribution < 1.29 is 49.5 Å². The van der Waals surface area contributed by atoms with Gasteiger partial charge in [-0.3, -0.25) is 0 Å². The molecule has 1 aromatic heterocycles. The number of hydrogen-bond donors (Lipinski definition) is 0. The largest absolute Gasteiger partial charge is 1.00 e. The Labute approximate surface area is 237 Å². The average Bonchev–Trinajstić information content (AvgIpc) is 3.46. The Morgan fingerprint density at radius 2 is 1.62 bits per heavy atom. The van der Waals surface area contributed by atoms with Crippen molar-refractivity contribution >= 4 is 30.7 Å². The van der Waals surface area contributed by atoms with Crippen LogP contribution in [0.4, 0.5) is 0 Å². The van der Waals surface area contributed by atoms with Gasteiger partial charge in [-0.25, -0.2) is 0 Å². The zero-order valence-electron chi connectivity index (χ0n) is 20.5. The standard InChI is InChI=1S/C19H19.C10H12SSi.2ClH.Zr/c1-3-5-15-8-10-16(11-9-15)18-7-4-6-17-12-14(2)13-19(17)18;1-6-9-7-4-11-5-8(7)10(6)12(9,2)3;;;/h4,6-13H,3,5H2,1-2H3;4-5,9H,1-3H3;2*1H;/q;;;;+2/p-2. The van der Waals surface area contributed by atoms with Gasteiger partial charge in [-0.05, 0) is 28.8 Å². The van der Waals surface area contributed by atoms with E-state index in [9.17, 15) is 0 Å². The molecule has 0 nitrogen and oxygen atoms in total. The molecule has 3 heterocycles. The van der Waals surface area contributed by atoms with Gasteiger partial charge < -0.3 is 24.8 Å². The van der Waals surface area contributed by atoms with Crippen LogP contribution in [0, 0.1) is 0 Å². The molecule has 2 unspecified atom stereocenters. The molecule has 0 radical (unpaired) electrons. The Morgan fingerprint density at radius 1 is 0.912 bits per heavy atom. The molecule has 0 amide bonds. The summed E-state index contributed by atoms with van der Waals surface area (Å²) in [6, 6.07) is 15.9. The fraction of sp³-hybridized carbons (Fsp3) is 0.310. The molecule has 0 saturated heterocycles. The molecule has 2 aromatic carbocycles. The Balaban J connectivity index is 0.000000199. The molecule has 5 heteroatoms. The summed E-state index contributed by atoms with van der Waals surface area (Å²) < 4.78 is 0.650. The molecule has 2 aliphatic heterocycles. The van der Waals surface area contributed by atoms with Crippen LogP contribution in [0.3, 0.4) is 0 Å². The van der Waals surface area contributed by atoms with Crippen molar-refractivity contribution in [3.8, 4) is 11.1 Å². The van der Waals surface area contributed by atoms with Gasteiger partial charge in [0, 0.05) is 5.54 Å². The van der Waals surface area contributed by atoms with E-state index >= 15 is 0 Å². The third-order valence-electron chi connectivity index (χ3n) is 7.55. The Kier molecular flexibility index (Phi) is 8.80. The van der Waals surface area contributed by atoms with Crippen molar-refractivity contribution in [2.45, 2.75) is 55.9 Å². The molecule has 175 valence electrons. The van der Waals surface area contributed by atoms with Gasteiger partial charge >= 0.3 is 137 Å². The molecule has 0 N–H and O–H groups in total. The van der Waals surface area contributed by atoms with Crippen LogP contribution in [-0.2, 0) is 31.1 Å². The first kappa shape index (κ1) is 27.9. The Morgan fingerprint density at radius 3 is 2.24 bits per heavy atom. The molecular weight excluding hydrogens is 571 g/mol. The van der Waals surface area contributed by atoms with Gasteiger partial charge in [0.2, 0.25) is 0 Å². The molecular formula is C29H31Cl2SSiZr. The number of allylic oxidation sites excluding steroid dienone is 2. The van der Waals surface area contributed by atoms with E-state index in [1.807, 2.05) is 11.3 Å². The molecule has 0 fully saturated rings. The maximum atomic E-state index is 2.50. The third-order valence-corrected chi connectivity index (χ3v) is 14.3. The quantitative estimate of drug-likeness (QED) is 0.406. The first-order chi connectivity index (χ1) is 15.3. The zero-order chi connectivity index (χ0) is 22.6. The number of aryl methyl sites for hydroxylation is 1. The van der Waals surface area contributed by atoms with Crippen molar-refractivity contribution in [3.05, 3.63) is 92.2 Å². The van der Waals surface area contributed by atoms with Crippen molar-refractivity contribution in [2.24, 2.45) is 0 Å². The minimum absolute atomic E-state index is 0. The van der Waals surface area contributed by atoms with E-state index in [-0.39, 0.29) is 24.8 Å². The monoisotopic (exact) mass is 599 g/mol. The fourth-order valence-electron chi connectivity index (χ4n) is 6.12. The summed E-state index contributed by atoms with van der Waals surface area (Å²) in [6.45, 7) is 11.8. The molecule has 3 aromatic rings. The minimum Gasteiger partial charge on any atom is -1.00 e. The predicted molar refractivity (Wildman–Crippen MR) is 139 cm³/mol. The normalized spacial score (nSPS) is 20.1. The van der Waals surface area contributed by atoms with Crippen molar-refractivity contribution in [3.63, 3.8) is 0 Å². The molecule has 0 spiro atoms. The van der Waals surface area contributed by atoms with E-state index in [1.165, 1.54) is 46.2 Å². The zero-order valence-corrected chi connectivity index (χ0v) is 26.3. The maximum absolute atomic E-state index is 2.50. The van der Waals surface area contributed by atoms with E-state index in [4.69, 9.17) is 0 Å². The van der Waals surface area contributed by atoms with E-state index in [1.54, 1.807) is 46.6 Å². The maximum Gasteiger partial charge on any atom is -1.00 e. The van der Waals surface area contributed by atoms with Gasteiger partial charge in [0.25, 0.3) is 0 Å². The first-order valence-corrected chi connectivity index (χ1v) is 17.2. The van der Waals surface area contributed by atoms with Crippen LogP contribution in [0.1, 0.15) is 64.2 Å². The Bertz CT molecular complexity index is 1250. The minimum atomic E-state index is -0.976. The van der Waals surface area contributed by atoms with Crippen LogP contribution in [0.15, 0.2) is 64.4 Å². The summed E-state index contributed by atoms with van der Waals surface area (Å²) in [4.78, 5) is 0. The first-order valence-electron chi connectivity index (χ1n) is 11.7. The van der Waals surface area contributed by atoms with E-state index < -0.39 is 8.07 Å². The number of halogens is 2. The molecule has 2 aliphatic carbocycles. The van der Waals surface area contributed by atoms with Crippen LogP contribution in [-0.4, -0.2) is 8.07 Å². The van der Waals surface area contributed by atoms with Gasteiger partial charge in [-0.15, -0.1) is 0 Å². The van der Waals surface area contributed by atoms with Crippen LogP contribution in [0.25, 0.3) is 22.4 Å². The summed E-state index contributed by atoms with van der Waals surface area (Å²) in [5, 5.41) is 6.47. The van der Waals surface area contributed by atoms with Crippen LogP contribution in [0.5, 0.6) is 0 Å². The number of fused-ring (bicyclic) bond motifs is 1.